The van der Waals surface area contributed by atoms with Crippen LogP contribution < -0.4 is 10.2 Å². The van der Waals surface area contributed by atoms with Crippen molar-refractivity contribution in [1.29, 1.82) is 0 Å². The van der Waals surface area contributed by atoms with Crippen molar-refractivity contribution in [1.82, 2.24) is 0 Å². The molecule has 6 nitrogen and oxygen atoms in total. The molecule has 0 saturated carbocycles. The van der Waals surface area contributed by atoms with Gasteiger partial charge in [0, 0.05) is 17.8 Å². The molecule has 1 aliphatic heterocycles. The Morgan fingerprint density at radius 1 is 1.47 bits per heavy atom. The Labute approximate surface area is 98.3 Å². The van der Waals surface area contributed by atoms with Crippen LogP contribution in [0.2, 0.25) is 0 Å². The van der Waals surface area contributed by atoms with Crippen LogP contribution in [-0.2, 0) is 9.59 Å². The first-order valence-electron chi connectivity index (χ1n) is 5.14. The van der Waals surface area contributed by atoms with Crippen LogP contribution in [0.1, 0.15) is 13.8 Å². The highest BCUT2D eigenvalue weighted by Crippen LogP contribution is 2.31. The molecule has 0 fully saturated rings. The number of carbonyl (C=O) groups is 2. The molecule has 0 saturated heterocycles. The van der Waals surface area contributed by atoms with E-state index in [1.165, 1.54) is 6.92 Å². The largest absolute Gasteiger partial charge is 0.550 e. The van der Waals surface area contributed by atoms with Crippen molar-refractivity contribution in [3.05, 3.63) is 12.2 Å². The molecule has 0 aromatic rings. The monoisotopic (exact) mass is 239 g/mol. The number of aliphatic imine (C=N–C) groups is 1. The van der Waals surface area contributed by atoms with Crippen LogP contribution in [0.15, 0.2) is 17.1 Å². The van der Waals surface area contributed by atoms with E-state index in [2.05, 4.69) is 11.6 Å². The lowest BCUT2D eigenvalue weighted by Crippen LogP contribution is -2.45. The van der Waals surface area contributed by atoms with Crippen LogP contribution >= 0.6 is 0 Å². The standard InChI is InChI=1S/C11H15NO5/c1-4-5(2)9(11(16)17)12-8(4)7(6(3)13)10(14)15/h4,6-8,13H,2H2,1,3H3,(H,14,15)(H,16,17)/p-2. The second-order valence-electron chi connectivity index (χ2n) is 4.16. The zero-order valence-electron chi connectivity index (χ0n) is 9.54. The molecule has 4 atom stereocenters. The van der Waals surface area contributed by atoms with E-state index in [1.54, 1.807) is 6.92 Å². The summed E-state index contributed by atoms with van der Waals surface area (Å²) >= 11 is 0. The molecule has 1 heterocycles. The second-order valence-corrected chi connectivity index (χ2v) is 4.16. The van der Waals surface area contributed by atoms with Crippen molar-refractivity contribution in [3.63, 3.8) is 0 Å². The Balaban J connectivity index is 3.10. The van der Waals surface area contributed by atoms with E-state index in [1.807, 2.05) is 0 Å². The van der Waals surface area contributed by atoms with Crippen LogP contribution in [-0.4, -0.2) is 34.9 Å². The third kappa shape index (κ3) is 2.36. The molecule has 1 aliphatic rings. The van der Waals surface area contributed by atoms with Crippen LogP contribution in [0.25, 0.3) is 0 Å². The summed E-state index contributed by atoms with van der Waals surface area (Å²) in [6.07, 6.45) is -1.19. The van der Waals surface area contributed by atoms with Crippen molar-refractivity contribution < 1.29 is 24.9 Å². The average Bonchev–Trinajstić information content (AvgIpc) is 2.45. The summed E-state index contributed by atoms with van der Waals surface area (Å²) in [4.78, 5) is 25.4. The summed E-state index contributed by atoms with van der Waals surface area (Å²) in [7, 11) is 0. The van der Waals surface area contributed by atoms with Gasteiger partial charge in [-0.3, -0.25) is 4.99 Å². The minimum Gasteiger partial charge on any atom is -0.550 e. The molecule has 0 aromatic carbocycles. The Bertz CT molecular complexity index is 399. The van der Waals surface area contributed by atoms with Gasteiger partial charge in [-0.1, -0.05) is 13.5 Å². The number of aliphatic carboxylic acids is 2. The van der Waals surface area contributed by atoms with Crippen molar-refractivity contribution in [3.8, 4) is 0 Å². The van der Waals surface area contributed by atoms with Gasteiger partial charge >= 0.3 is 0 Å². The first-order valence-corrected chi connectivity index (χ1v) is 5.14. The lowest BCUT2D eigenvalue weighted by molar-refractivity contribution is -0.315. The number of rotatable bonds is 4. The lowest BCUT2D eigenvalue weighted by Gasteiger charge is -2.28. The van der Waals surface area contributed by atoms with Gasteiger partial charge in [0.05, 0.1) is 23.8 Å². The zero-order valence-corrected chi connectivity index (χ0v) is 9.54. The molecule has 0 amide bonds. The van der Waals surface area contributed by atoms with E-state index in [4.69, 9.17) is 0 Å². The number of nitrogens with zero attached hydrogens (tertiary/aromatic N) is 1. The summed E-state index contributed by atoms with van der Waals surface area (Å²) in [6, 6.07) is -0.889. The molecule has 17 heavy (non-hydrogen) atoms. The third-order valence-corrected chi connectivity index (χ3v) is 3.00. The first kappa shape index (κ1) is 13.4. The van der Waals surface area contributed by atoms with Gasteiger partial charge < -0.3 is 24.9 Å². The number of aliphatic hydroxyl groups excluding tert-OH is 1. The highest BCUT2D eigenvalue weighted by molar-refractivity contribution is 6.42. The van der Waals surface area contributed by atoms with Gasteiger partial charge in [0.15, 0.2) is 0 Å². The summed E-state index contributed by atoms with van der Waals surface area (Å²) in [6.45, 7) is 6.44. The maximum atomic E-state index is 10.9. The van der Waals surface area contributed by atoms with Gasteiger partial charge in [-0.25, -0.2) is 0 Å². The molecule has 4 unspecified atom stereocenters. The quantitative estimate of drug-likeness (QED) is 0.582. The van der Waals surface area contributed by atoms with Crippen molar-refractivity contribution in [2.45, 2.75) is 26.0 Å². The molecule has 0 bridgehead atoms. The Hall–Kier alpha value is -1.69. The molecule has 0 aliphatic carbocycles. The zero-order chi connectivity index (χ0) is 13.3. The normalized spacial score (nSPS) is 27.5. The average molecular weight is 239 g/mol. The lowest BCUT2D eigenvalue weighted by atomic mass is 9.84. The smallest absolute Gasteiger partial charge is 0.0898 e. The van der Waals surface area contributed by atoms with E-state index >= 15 is 0 Å². The van der Waals surface area contributed by atoms with Crippen molar-refractivity contribution >= 4 is 17.7 Å². The summed E-state index contributed by atoms with van der Waals surface area (Å²) in [5.41, 5.74) is -0.128. The number of carboxylic acid groups (broad SMARTS) is 2. The van der Waals surface area contributed by atoms with Gasteiger partial charge in [-0.05, 0) is 12.5 Å². The number of hydrogen-bond donors (Lipinski definition) is 1. The molecular weight excluding hydrogens is 226 g/mol. The van der Waals surface area contributed by atoms with E-state index < -0.39 is 35.9 Å². The maximum absolute atomic E-state index is 10.9. The van der Waals surface area contributed by atoms with Crippen molar-refractivity contribution in [2.24, 2.45) is 16.8 Å². The fourth-order valence-electron chi connectivity index (χ4n) is 1.96. The van der Waals surface area contributed by atoms with Crippen LogP contribution in [0, 0.1) is 11.8 Å². The molecule has 6 heteroatoms. The number of carboxylic acids is 2. The summed E-state index contributed by atoms with van der Waals surface area (Å²) in [5, 5.41) is 31.0. The molecule has 1 rings (SSSR count). The minimum atomic E-state index is -1.49. The van der Waals surface area contributed by atoms with Gasteiger partial charge in [-0.2, -0.15) is 0 Å². The third-order valence-electron chi connectivity index (χ3n) is 3.00. The van der Waals surface area contributed by atoms with Crippen LogP contribution in [0.5, 0.6) is 0 Å². The van der Waals surface area contributed by atoms with E-state index in [0.717, 1.165) is 0 Å². The van der Waals surface area contributed by atoms with Crippen LogP contribution in [0.3, 0.4) is 0 Å². The van der Waals surface area contributed by atoms with Gasteiger partial charge in [0.25, 0.3) is 0 Å². The van der Waals surface area contributed by atoms with Gasteiger partial charge in [0.1, 0.15) is 0 Å². The Morgan fingerprint density at radius 2 is 2.00 bits per heavy atom. The highest BCUT2D eigenvalue weighted by atomic mass is 16.4. The molecule has 94 valence electrons. The summed E-state index contributed by atoms with van der Waals surface area (Å²) in [5.74, 6) is -4.71. The van der Waals surface area contributed by atoms with Gasteiger partial charge in [0.2, 0.25) is 0 Å². The molecule has 0 aromatic heterocycles. The van der Waals surface area contributed by atoms with Crippen molar-refractivity contribution in [2.75, 3.05) is 0 Å². The molecule has 1 N–H and O–H groups in total. The summed E-state index contributed by atoms with van der Waals surface area (Å²) < 4.78 is 0. The van der Waals surface area contributed by atoms with Crippen LogP contribution in [0.4, 0.5) is 0 Å². The number of aliphatic hydroxyl groups is 1. The van der Waals surface area contributed by atoms with E-state index in [0.29, 0.717) is 0 Å². The molecule has 0 radical (unpaired) electrons. The highest BCUT2D eigenvalue weighted by Gasteiger charge is 2.38. The first-order chi connectivity index (χ1) is 7.77. The SMILES string of the molecule is C=C1C(C(=O)[O-])=NC(C(C(=O)[O-])C(C)O)C1C. The van der Waals surface area contributed by atoms with E-state index in [9.17, 15) is 24.9 Å². The number of carbonyl (C=O) groups excluding carboxylic acids is 2. The minimum absolute atomic E-state index is 0.210. The molecular formula is C11H13NO5-2. The fraction of sp³-hybridized carbons (Fsp3) is 0.545. The van der Waals surface area contributed by atoms with Gasteiger partial charge in [-0.15, -0.1) is 0 Å². The predicted octanol–water partition coefficient (Wildman–Crippen LogP) is -2.50. The Morgan fingerprint density at radius 3 is 2.29 bits per heavy atom. The predicted molar refractivity (Wildman–Crippen MR) is 54.7 cm³/mol. The number of hydrogen-bond acceptors (Lipinski definition) is 6. The Kier molecular flexibility index (Phi) is 3.67. The van der Waals surface area contributed by atoms with E-state index in [-0.39, 0.29) is 11.3 Å². The fourth-order valence-corrected chi connectivity index (χ4v) is 1.96. The second kappa shape index (κ2) is 4.67. The molecule has 0 spiro atoms. The maximum Gasteiger partial charge on any atom is 0.0898 e. The topological polar surface area (TPSA) is 113 Å².